The van der Waals surface area contributed by atoms with Gasteiger partial charge in [0.1, 0.15) is 11.9 Å². The van der Waals surface area contributed by atoms with E-state index in [0.29, 0.717) is 6.54 Å². The number of fused-ring (bicyclic) bond motifs is 1. The van der Waals surface area contributed by atoms with Crippen LogP contribution in [0.4, 0.5) is 4.79 Å². The molecule has 1 aliphatic rings. The van der Waals surface area contributed by atoms with Gasteiger partial charge in [0.25, 0.3) is 0 Å². The maximum Gasteiger partial charge on any atom is 0.317 e. The quantitative estimate of drug-likeness (QED) is 0.845. The number of carbonyl (C=O) groups is 2. The lowest BCUT2D eigenvalue weighted by Crippen LogP contribution is -2.42. The molecule has 1 heterocycles. The smallest absolute Gasteiger partial charge is 0.317 e. The van der Waals surface area contributed by atoms with Crippen molar-refractivity contribution in [3.63, 3.8) is 0 Å². The lowest BCUT2D eigenvalue weighted by molar-refractivity contribution is -0.137. The summed E-state index contributed by atoms with van der Waals surface area (Å²) in [6, 6.07) is 7.51. The highest BCUT2D eigenvalue weighted by Crippen LogP contribution is 2.27. The molecule has 0 radical (unpaired) electrons. The van der Waals surface area contributed by atoms with Gasteiger partial charge in [-0.2, -0.15) is 0 Å². The third-order valence-electron chi connectivity index (χ3n) is 3.20. The summed E-state index contributed by atoms with van der Waals surface area (Å²) < 4.78 is 5.71. The first-order valence-electron chi connectivity index (χ1n) is 6.51. The van der Waals surface area contributed by atoms with Gasteiger partial charge in [0.2, 0.25) is 0 Å². The van der Waals surface area contributed by atoms with Crippen LogP contribution in [-0.2, 0) is 11.2 Å². The molecule has 6 nitrogen and oxygen atoms in total. The highest BCUT2D eigenvalue weighted by molar-refractivity contribution is 5.75. The number of carboxylic acids is 1. The van der Waals surface area contributed by atoms with Crippen LogP contribution >= 0.6 is 0 Å². The van der Waals surface area contributed by atoms with Gasteiger partial charge in [0, 0.05) is 20.0 Å². The summed E-state index contributed by atoms with van der Waals surface area (Å²) in [4.78, 5) is 23.5. The zero-order chi connectivity index (χ0) is 14.5. The molecule has 0 saturated carbocycles. The molecule has 0 aliphatic carbocycles. The molecule has 0 bridgehead atoms. The van der Waals surface area contributed by atoms with Crippen LogP contribution in [0.25, 0.3) is 0 Å². The van der Waals surface area contributed by atoms with Crippen LogP contribution in [0.2, 0.25) is 0 Å². The summed E-state index contributed by atoms with van der Waals surface area (Å²) in [6.45, 7) is 0.595. The number of nitrogens with one attached hydrogen (secondary N) is 1. The molecule has 1 unspecified atom stereocenters. The first-order chi connectivity index (χ1) is 9.56. The van der Waals surface area contributed by atoms with Gasteiger partial charge in [-0.05, 0) is 11.6 Å². The summed E-state index contributed by atoms with van der Waals surface area (Å²) >= 11 is 0. The van der Waals surface area contributed by atoms with Gasteiger partial charge in [-0.15, -0.1) is 0 Å². The average Bonchev–Trinajstić information content (AvgIpc) is 2.84. The van der Waals surface area contributed by atoms with Crippen molar-refractivity contribution in [1.82, 2.24) is 10.2 Å². The zero-order valence-corrected chi connectivity index (χ0v) is 11.3. The Morgan fingerprint density at radius 1 is 1.45 bits per heavy atom. The molecular weight excluding hydrogens is 260 g/mol. The number of aliphatic carboxylic acids is 1. The van der Waals surface area contributed by atoms with Crippen LogP contribution in [0, 0.1) is 0 Å². The molecule has 0 fully saturated rings. The number of ether oxygens (including phenoxy) is 1. The maximum atomic E-state index is 11.8. The van der Waals surface area contributed by atoms with Crippen molar-refractivity contribution in [2.24, 2.45) is 0 Å². The largest absolute Gasteiger partial charge is 0.488 e. The van der Waals surface area contributed by atoms with E-state index in [1.54, 1.807) is 7.05 Å². The number of para-hydroxylation sites is 1. The second-order valence-corrected chi connectivity index (χ2v) is 4.80. The first-order valence-corrected chi connectivity index (χ1v) is 6.51. The molecule has 0 aromatic heterocycles. The van der Waals surface area contributed by atoms with E-state index in [2.05, 4.69) is 5.32 Å². The Balaban J connectivity index is 1.74. The summed E-state index contributed by atoms with van der Waals surface area (Å²) in [5.74, 6) is -0.0507. The molecule has 6 heteroatoms. The molecule has 2 N–H and O–H groups in total. The van der Waals surface area contributed by atoms with E-state index >= 15 is 0 Å². The molecular formula is C14H18N2O4. The lowest BCUT2D eigenvalue weighted by Gasteiger charge is -2.18. The summed E-state index contributed by atoms with van der Waals surface area (Å²) in [6.07, 6.45) is 0.647. The van der Waals surface area contributed by atoms with Crippen molar-refractivity contribution in [2.75, 3.05) is 20.1 Å². The van der Waals surface area contributed by atoms with E-state index in [4.69, 9.17) is 9.84 Å². The Hall–Kier alpha value is -2.24. The minimum Gasteiger partial charge on any atom is -0.488 e. The minimum atomic E-state index is -0.917. The summed E-state index contributed by atoms with van der Waals surface area (Å²) in [5, 5.41) is 11.3. The van der Waals surface area contributed by atoms with E-state index in [9.17, 15) is 9.59 Å². The van der Waals surface area contributed by atoms with E-state index in [1.807, 2.05) is 24.3 Å². The van der Waals surface area contributed by atoms with Crippen LogP contribution in [0.1, 0.15) is 12.0 Å². The predicted octanol–water partition coefficient (Wildman–Crippen LogP) is 1.11. The Kier molecular flexibility index (Phi) is 4.45. The van der Waals surface area contributed by atoms with Crippen molar-refractivity contribution < 1.29 is 19.4 Å². The van der Waals surface area contributed by atoms with Crippen molar-refractivity contribution in [3.8, 4) is 5.75 Å². The van der Waals surface area contributed by atoms with Gasteiger partial charge in [-0.25, -0.2) is 4.79 Å². The fourth-order valence-corrected chi connectivity index (χ4v) is 2.07. The van der Waals surface area contributed by atoms with Gasteiger partial charge in [0.05, 0.1) is 13.0 Å². The minimum absolute atomic E-state index is 0.0602. The highest BCUT2D eigenvalue weighted by Gasteiger charge is 2.23. The first kappa shape index (κ1) is 14.2. The van der Waals surface area contributed by atoms with Crippen LogP contribution in [0.5, 0.6) is 5.75 Å². The normalized spacial score (nSPS) is 16.1. The Labute approximate surface area is 117 Å². The SMILES string of the molecule is CN(CCC(=O)O)C(=O)NCC1Cc2ccccc2O1. The number of hydrogen-bond acceptors (Lipinski definition) is 3. The van der Waals surface area contributed by atoms with E-state index < -0.39 is 5.97 Å². The van der Waals surface area contributed by atoms with Crippen LogP contribution in [0.15, 0.2) is 24.3 Å². The van der Waals surface area contributed by atoms with Crippen molar-refractivity contribution in [1.29, 1.82) is 0 Å². The topological polar surface area (TPSA) is 78.9 Å². The van der Waals surface area contributed by atoms with Crippen LogP contribution in [0.3, 0.4) is 0 Å². The summed E-state index contributed by atoms with van der Waals surface area (Å²) in [7, 11) is 1.57. The number of benzene rings is 1. The third-order valence-corrected chi connectivity index (χ3v) is 3.20. The lowest BCUT2D eigenvalue weighted by atomic mass is 10.1. The molecule has 1 aromatic rings. The standard InChI is InChI=1S/C14H18N2O4/c1-16(7-6-13(17)18)14(19)15-9-11-8-10-4-2-3-5-12(10)20-11/h2-5,11H,6-9H2,1H3,(H,15,19)(H,17,18). The molecule has 0 saturated heterocycles. The van der Waals surface area contributed by atoms with Crippen molar-refractivity contribution in [2.45, 2.75) is 18.9 Å². The van der Waals surface area contributed by atoms with E-state index in [0.717, 1.165) is 17.7 Å². The Morgan fingerprint density at radius 2 is 2.20 bits per heavy atom. The fraction of sp³-hybridized carbons (Fsp3) is 0.429. The van der Waals surface area contributed by atoms with Gasteiger partial charge in [-0.1, -0.05) is 18.2 Å². The molecule has 0 spiro atoms. The van der Waals surface area contributed by atoms with Crippen LogP contribution in [-0.4, -0.2) is 48.2 Å². The van der Waals surface area contributed by atoms with E-state index in [1.165, 1.54) is 4.90 Å². The Bertz CT molecular complexity index is 479. The van der Waals surface area contributed by atoms with Crippen LogP contribution < -0.4 is 10.1 Å². The molecule has 1 aromatic carbocycles. The van der Waals surface area contributed by atoms with Gasteiger partial charge in [0.15, 0.2) is 0 Å². The Morgan fingerprint density at radius 3 is 2.90 bits per heavy atom. The van der Waals surface area contributed by atoms with Gasteiger partial charge in [-0.3, -0.25) is 4.79 Å². The fourth-order valence-electron chi connectivity index (χ4n) is 2.07. The van der Waals surface area contributed by atoms with E-state index in [-0.39, 0.29) is 25.1 Å². The number of rotatable bonds is 5. The molecule has 20 heavy (non-hydrogen) atoms. The van der Waals surface area contributed by atoms with Crippen molar-refractivity contribution in [3.05, 3.63) is 29.8 Å². The highest BCUT2D eigenvalue weighted by atomic mass is 16.5. The molecule has 1 aliphatic heterocycles. The molecule has 108 valence electrons. The molecule has 2 amide bonds. The number of carboxylic acid groups (broad SMARTS) is 1. The maximum absolute atomic E-state index is 11.8. The van der Waals surface area contributed by atoms with Gasteiger partial charge < -0.3 is 20.1 Å². The number of carbonyl (C=O) groups excluding carboxylic acids is 1. The van der Waals surface area contributed by atoms with Gasteiger partial charge >= 0.3 is 12.0 Å². The predicted molar refractivity (Wildman–Crippen MR) is 72.8 cm³/mol. The second-order valence-electron chi connectivity index (χ2n) is 4.80. The zero-order valence-electron chi connectivity index (χ0n) is 11.3. The number of hydrogen-bond donors (Lipinski definition) is 2. The second kappa shape index (κ2) is 6.27. The monoisotopic (exact) mass is 278 g/mol. The third kappa shape index (κ3) is 3.63. The number of urea groups is 1. The number of amides is 2. The molecule has 1 atom stereocenters. The molecule has 2 rings (SSSR count). The number of nitrogens with zero attached hydrogens (tertiary/aromatic N) is 1. The average molecular weight is 278 g/mol. The van der Waals surface area contributed by atoms with Crippen molar-refractivity contribution >= 4 is 12.0 Å². The summed E-state index contributed by atoms with van der Waals surface area (Å²) in [5.41, 5.74) is 1.14.